The molecule has 0 unspecified atom stereocenters. The van der Waals surface area contributed by atoms with Gasteiger partial charge in [-0.1, -0.05) is 5.16 Å². The van der Waals surface area contributed by atoms with Gasteiger partial charge in [-0.05, 0) is 6.07 Å². The number of carbonyl (C=O) groups excluding carboxylic acids is 1. The Hall–Kier alpha value is -2.51. The van der Waals surface area contributed by atoms with Crippen LogP contribution in [0.1, 0.15) is 5.69 Å². The van der Waals surface area contributed by atoms with Crippen molar-refractivity contribution < 1.29 is 19.9 Å². The predicted octanol–water partition coefficient (Wildman–Crippen LogP) is -0.692. The number of nitrogens with zero attached hydrogens (tertiary/aromatic N) is 3. The van der Waals surface area contributed by atoms with Crippen LogP contribution >= 0.6 is 0 Å². The summed E-state index contributed by atoms with van der Waals surface area (Å²) in [4.78, 5) is 27.9. The Morgan fingerprint density at radius 3 is 2.87 bits per heavy atom. The number of hydrogen-bond donors (Lipinski definition) is 3. The van der Waals surface area contributed by atoms with Gasteiger partial charge >= 0.3 is 5.97 Å². The van der Waals surface area contributed by atoms with E-state index in [0.717, 1.165) is 0 Å². The van der Waals surface area contributed by atoms with Crippen LogP contribution in [0, 0.1) is 0 Å². The van der Waals surface area contributed by atoms with Gasteiger partial charge in [0.2, 0.25) is 18.1 Å². The normalized spacial score (nSPS) is 10.8. The Labute approximate surface area is 83.3 Å². The lowest BCUT2D eigenvalue weighted by Gasteiger charge is -2.00. The molecule has 1 heterocycles. The minimum absolute atomic E-state index is 0.0788. The quantitative estimate of drug-likeness (QED) is 0.261. The molecule has 0 fully saturated rings. The molecule has 8 nitrogen and oxygen atoms in total. The van der Waals surface area contributed by atoms with Gasteiger partial charge in [-0.25, -0.2) is 14.8 Å². The van der Waals surface area contributed by atoms with E-state index in [9.17, 15) is 9.59 Å². The molecule has 0 aromatic carbocycles. The number of carboxylic acids is 1. The first kappa shape index (κ1) is 10.6. The van der Waals surface area contributed by atoms with Gasteiger partial charge < -0.3 is 10.3 Å². The maximum atomic E-state index is 10.6. The van der Waals surface area contributed by atoms with Crippen LogP contribution in [-0.2, 0) is 9.59 Å². The molecule has 3 N–H and O–H groups in total. The van der Waals surface area contributed by atoms with Crippen molar-refractivity contribution in [2.45, 2.75) is 0 Å². The number of aromatic nitrogens is 2. The molecule has 78 valence electrons. The van der Waals surface area contributed by atoms with Crippen LogP contribution in [-0.4, -0.2) is 38.4 Å². The first-order valence-electron chi connectivity index (χ1n) is 3.68. The van der Waals surface area contributed by atoms with Crippen molar-refractivity contribution in [2.24, 2.45) is 5.16 Å². The summed E-state index contributed by atoms with van der Waals surface area (Å²) in [7, 11) is 0. The monoisotopic (exact) mass is 210 g/mol. The van der Waals surface area contributed by atoms with Crippen LogP contribution in [0.5, 0.6) is 0 Å². The van der Waals surface area contributed by atoms with Crippen molar-refractivity contribution in [3.63, 3.8) is 0 Å². The number of amides is 1. The molecule has 15 heavy (non-hydrogen) atoms. The number of rotatable bonds is 4. The molecular formula is C7H6N4O4. The fourth-order valence-corrected chi connectivity index (χ4v) is 0.816. The van der Waals surface area contributed by atoms with E-state index in [0.29, 0.717) is 6.41 Å². The third kappa shape index (κ3) is 2.46. The zero-order valence-electron chi connectivity index (χ0n) is 7.28. The number of carboxylic acid groups (broad SMARTS) is 1. The minimum atomic E-state index is -1.44. The lowest BCUT2D eigenvalue weighted by Crippen LogP contribution is -2.17. The Balaban J connectivity index is 3.09. The van der Waals surface area contributed by atoms with Crippen LogP contribution in [0.25, 0.3) is 0 Å². The second-order valence-electron chi connectivity index (χ2n) is 2.28. The molecule has 1 rings (SSSR count). The molecule has 1 aromatic rings. The van der Waals surface area contributed by atoms with Gasteiger partial charge in [-0.2, -0.15) is 0 Å². The predicted molar refractivity (Wildman–Crippen MR) is 47.7 cm³/mol. The van der Waals surface area contributed by atoms with E-state index in [1.807, 2.05) is 0 Å². The van der Waals surface area contributed by atoms with Crippen molar-refractivity contribution in [1.82, 2.24) is 9.97 Å². The Morgan fingerprint density at radius 2 is 2.33 bits per heavy atom. The minimum Gasteiger partial charge on any atom is -0.476 e. The van der Waals surface area contributed by atoms with E-state index >= 15 is 0 Å². The van der Waals surface area contributed by atoms with E-state index in [1.54, 1.807) is 0 Å². The molecule has 8 heteroatoms. The fraction of sp³-hybridized carbons (Fsp3) is 0. The molecular weight excluding hydrogens is 204 g/mol. The van der Waals surface area contributed by atoms with E-state index < -0.39 is 11.7 Å². The highest BCUT2D eigenvalue weighted by Gasteiger charge is 2.15. The molecule has 0 aliphatic rings. The van der Waals surface area contributed by atoms with Crippen molar-refractivity contribution in [1.29, 1.82) is 0 Å². The summed E-state index contributed by atoms with van der Waals surface area (Å²) in [5.74, 6) is -1.52. The van der Waals surface area contributed by atoms with E-state index in [-0.39, 0.29) is 11.6 Å². The van der Waals surface area contributed by atoms with Gasteiger partial charge in [-0.15, -0.1) is 0 Å². The van der Waals surface area contributed by atoms with Crippen LogP contribution in [0.2, 0.25) is 0 Å². The summed E-state index contributed by atoms with van der Waals surface area (Å²) in [6.45, 7) is 0. The van der Waals surface area contributed by atoms with Crippen LogP contribution in [0.3, 0.4) is 0 Å². The second kappa shape index (κ2) is 4.65. The summed E-state index contributed by atoms with van der Waals surface area (Å²) >= 11 is 0. The van der Waals surface area contributed by atoms with Crippen molar-refractivity contribution in [3.05, 3.63) is 18.0 Å². The Kier molecular flexibility index (Phi) is 3.28. The third-order valence-corrected chi connectivity index (χ3v) is 1.39. The molecule has 0 saturated heterocycles. The first-order chi connectivity index (χ1) is 7.19. The van der Waals surface area contributed by atoms with Gasteiger partial charge in [0.05, 0.1) is 0 Å². The smallest absolute Gasteiger partial charge is 0.360 e. The highest BCUT2D eigenvalue weighted by atomic mass is 16.4. The van der Waals surface area contributed by atoms with Gasteiger partial charge in [0.15, 0.2) is 0 Å². The van der Waals surface area contributed by atoms with Gasteiger partial charge in [0.1, 0.15) is 5.69 Å². The second-order valence-corrected chi connectivity index (χ2v) is 2.28. The summed E-state index contributed by atoms with van der Waals surface area (Å²) in [5.41, 5.74) is -0.740. The Bertz CT molecular complexity index is 417. The molecule has 0 spiro atoms. The average molecular weight is 210 g/mol. The summed E-state index contributed by atoms with van der Waals surface area (Å²) in [5, 5.41) is 21.7. The SMILES string of the molecule is O=CNc1nccc(/C(=N/O)C(=O)O)n1. The molecule has 0 bridgehead atoms. The van der Waals surface area contributed by atoms with Gasteiger partial charge in [0.25, 0.3) is 0 Å². The zero-order valence-corrected chi connectivity index (χ0v) is 7.28. The van der Waals surface area contributed by atoms with Crippen molar-refractivity contribution >= 4 is 24.0 Å². The highest BCUT2D eigenvalue weighted by molar-refractivity contribution is 6.41. The number of hydrogen-bond acceptors (Lipinski definition) is 6. The molecule has 0 aliphatic heterocycles. The largest absolute Gasteiger partial charge is 0.476 e. The summed E-state index contributed by atoms with van der Waals surface area (Å²) in [6, 6.07) is 1.24. The molecule has 0 saturated carbocycles. The number of nitrogens with one attached hydrogen (secondary N) is 1. The van der Waals surface area contributed by atoms with E-state index in [2.05, 4.69) is 20.4 Å². The molecule has 0 radical (unpaired) electrons. The van der Waals surface area contributed by atoms with Gasteiger partial charge in [0, 0.05) is 6.20 Å². The van der Waals surface area contributed by atoms with Crippen LogP contribution in [0.4, 0.5) is 5.95 Å². The van der Waals surface area contributed by atoms with Gasteiger partial charge in [-0.3, -0.25) is 10.1 Å². The van der Waals surface area contributed by atoms with E-state index in [4.69, 9.17) is 10.3 Å². The average Bonchev–Trinajstić information content (AvgIpc) is 2.19. The zero-order chi connectivity index (χ0) is 11.3. The third-order valence-electron chi connectivity index (χ3n) is 1.39. The molecule has 0 aliphatic carbocycles. The Morgan fingerprint density at radius 1 is 1.60 bits per heavy atom. The standard InChI is InChI=1S/C7H6N4O4/c12-3-9-7-8-2-1-4(10-7)5(11-15)6(13)14/h1-3,15H,(H,13,14)(H,8,9,10,12)/b11-5-. The topological polar surface area (TPSA) is 125 Å². The molecule has 0 atom stereocenters. The highest BCUT2D eigenvalue weighted by Crippen LogP contribution is 2.01. The molecule has 1 aromatic heterocycles. The summed E-state index contributed by atoms with van der Waals surface area (Å²) < 4.78 is 0. The summed E-state index contributed by atoms with van der Waals surface area (Å²) in [6.07, 6.45) is 1.57. The number of anilines is 1. The number of aliphatic carboxylic acids is 1. The number of carbonyl (C=O) groups is 2. The maximum Gasteiger partial charge on any atom is 0.360 e. The van der Waals surface area contributed by atoms with Crippen molar-refractivity contribution in [3.8, 4) is 0 Å². The number of oxime groups is 1. The van der Waals surface area contributed by atoms with E-state index in [1.165, 1.54) is 12.3 Å². The lowest BCUT2D eigenvalue weighted by molar-refractivity contribution is -0.129. The van der Waals surface area contributed by atoms with Crippen LogP contribution in [0.15, 0.2) is 17.4 Å². The fourth-order valence-electron chi connectivity index (χ4n) is 0.816. The maximum absolute atomic E-state index is 10.6. The first-order valence-corrected chi connectivity index (χ1v) is 3.68. The molecule has 1 amide bonds. The van der Waals surface area contributed by atoms with Crippen molar-refractivity contribution in [2.75, 3.05) is 5.32 Å². The van der Waals surface area contributed by atoms with Crippen LogP contribution < -0.4 is 5.32 Å². The lowest BCUT2D eigenvalue weighted by atomic mass is 10.2.